The summed E-state index contributed by atoms with van der Waals surface area (Å²) in [6.45, 7) is 1.86. The van der Waals surface area contributed by atoms with Crippen LogP contribution in [0, 0.1) is 5.82 Å². The summed E-state index contributed by atoms with van der Waals surface area (Å²) in [4.78, 5) is 60.0. The molecule has 3 aliphatic rings. The normalized spacial score (nSPS) is 20.3. The Morgan fingerprint density at radius 3 is 2.40 bits per heavy atom. The molecule has 2 unspecified atom stereocenters. The number of rotatable bonds is 5. The number of amides is 4. The zero-order chi connectivity index (χ0) is 27.8. The zero-order valence-electron chi connectivity index (χ0n) is 21.8. The Labute approximate surface area is 230 Å². The van der Waals surface area contributed by atoms with Crippen molar-refractivity contribution in [1.82, 2.24) is 25.0 Å². The second kappa shape index (κ2) is 10.6. The lowest BCUT2D eigenvalue weighted by molar-refractivity contribution is -0.136. The van der Waals surface area contributed by atoms with E-state index in [4.69, 9.17) is 0 Å². The topological polar surface area (TPSA) is 103 Å². The lowest BCUT2D eigenvalue weighted by atomic mass is 10.00. The maximum Gasteiger partial charge on any atom is 0.256 e. The van der Waals surface area contributed by atoms with Crippen molar-refractivity contribution < 1.29 is 23.6 Å². The molecule has 2 aromatic carbocycles. The Hall–Kier alpha value is -4.44. The molecule has 1 N–H and O–H groups in total. The molecular formula is C30H28FN5O4. The molecule has 0 saturated carbocycles. The lowest BCUT2D eigenvalue weighted by Gasteiger charge is -2.39. The van der Waals surface area contributed by atoms with Crippen LogP contribution in [0.3, 0.4) is 0 Å². The molecule has 10 heteroatoms. The van der Waals surface area contributed by atoms with Gasteiger partial charge in [-0.3, -0.25) is 34.4 Å². The van der Waals surface area contributed by atoms with E-state index >= 15 is 4.39 Å². The van der Waals surface area contributed by atoms with Crippen LogP contribution in [0.1, 0.15) is 56.4 Å². The fourth-order valence-corrected chi connectivity index (χ4v) is 5.86. The number of piperidine rings is 1. The highest BCUT2D eigenvalue weighted by atomic mass is 19.1. The Balaban J connectivity index is 1.17. The van der Waals surface area contributed by atoms with Gasteiger partial charge in [-0.25, -0.2) is 4.39 Å². The number of aromatic nitrogens is 1. The Morgan fingerprint density at radius 1 is 0.950 bits per heavy atom. The van der Waals surface area contributed by atoms with Gasteiger partial charge in [0.05, 0.1) is 23.8 Å². The minimum atomic E-state index is -0.846. The predicted octanol–water partition coefficient (Wildman–Crippen LogP) is 2.53. The highest BCUT2D eigenvalue weighted by Crippen LogP contribution is 2.32. The second-order valence-corrected chi connectivity index (χ2v) is 10.2. The molecule has 2 saturated heterocycles. The van der Waals surface area contributed by atoms with Crippen molar-refractivity contribution in [2.24, 2.45) is 0 Å². The van der Waals surface area contributed by atoms with Gasteiger partial charge in [0, 0.05) is 49.9 Å². The number of carbonyl (C=O) groups excluding carboxylic acids is 4. The number of piperazine rings is 1. The summed E-state index contributed by atoms with van der Waals surface area (Å²) in [6, 6.07) is 17.8. The van der Waals surface area contributed by atoms with Crippen LogP contribution in [-0.4, -0.2) is 75.5 Å². The number of fused-ring (bicyclic) bond motifs is 1. The highest BCUT2D eigenvalue weighted by molar-refractivity contribution is 6.06. The Bertz CT molecular complexity index is 1430. The average molecular weight is 542 g/mol. The monoisotopic (exact) mass is 541 g/mol. The molecule has 40 heavy (non-hydrogen) atoms. The number of halogens is 1. The summed E-state index contributed by atoms with van der Waals surface area (Å²) >= 11 is 0. The van der Waals surface area contributed by atoms with Crippen LogP contribution >= 0.6 is 0 Å². The van der Waals surface area contributed by atoms with Crippen molar-refractivity contribution in [3.8, 4) is 0 Å². The molecular weight excluding hydrogens is 513 g/mol. The van der Waals surface area contributed by atoms with Gasteiger partial charge >= 0.3 is 0 Å². The molecule has 4 amide bonds. The third-order valence-electron chi connectivity index (χ3n) is 7.93. The lowest BCUT2D eigenvalue weighted by Crippen LogP contribution is -2.52. The van der Waals surface area contributed by atoms with Gasteiger partial charge in [-0.15, -0.1) is 0 Å². The Kier molecular flexibility index (Phi) is 6.85. The predicted molar refractivity (Wildman–Crippen MR) is 142 cm³/mol. The molecule has 0 bridgehead atoms. The van der Waals surface area contributed by atoms with Crippen LogP contribution < -0.4 is 5.32 Å². The second-order valence-electron chi connectivity index (χ2n) is 10.2. The standard InChI is InChI=1S/C30H28FN5O4/c31-26-21(10-9-20-22(26)18-36(30(20)40)24-11-12-25(37)33-28(24)38)29(39)35-16-14-34(15-17-35)27(19-6-2-1-3-7-19)23-8-4-5-13-32-23/h1-10,13,24,27H,11-12,14-18H2,(H,33,37,38). The molecule has 2 atom stereocenters. The molecule has 1 aromatic heterocycles. The first-order valence-corrected chi connectivity index (χ1v) is 13.4. The van der Waals surface area contributed by atoms with Crippen LogP contribution in [0.5, 0.6) is 0 Å². The van der Waals surface area contributed by atoms with Crippen molar-refractivity contribution in [2.45, 2.75) is 31.5 Å². The van der Waals surface area contributed by atoms with Crippen LogP contribution in [0.25, 0.3) is 0 Å². The quantitative estimate of drug-likeness (QED) is 0.498. The maximum atomic E-state index is 15.7. The number of pyridine rings is 1. The number of hydrogen-bond donors (Lipinski definition) is 1. The molecule has 204 valence electrons. The van der Waals surface area contributed by atoms with E-state index in [1.807, 2.05) is 36.4 Å². The number of hydrogen-bond acceptors (Lipinski definition) is 6. The number of imide groups is 1. The SMILES string of the molecule is O=C1CCC(N2Cc3c(ccc(C(=O)N4CCN(C(c5ccccc5)c5ccccn5)CC4)c3F)C2=O)C(=O)N1. The van der Waals surface area contributed by atoms with Gasteiger partial charge in [-0.2, -0.15) is 0 Å². The molecule has 0 spiro atoms. The fourth-order valence-electron chi connectivity index (χ4n) is 5.86. The van der Waals surface area contributed by atoms with Crippen molar-refractivity contribution in [3.63, 3.8) is 0 Å². The molecule has 3 aliphatic heterocycles. The zero-order valence-corrected chi connectivity index (χ0v) is 21.8. The van der Waals surface area contributed by atoms with E-state index < -0.39 is 29.6 Å². The van der Waals surface area contributed by atoms with E-state index in [1.54, 1.807) is 11.1 Å². The van der Waals surface area contributed by atoms with Gasteiger partial charge in [-0.05, 0) is 36.2 Å². The minimum Gasteiger partial charge on any atom is -0.336 e. The van der Waals surface area contributed by atoms with E-state index in [1.165, 1.54) is 17.0 Å². The van der Waals surface area contributed by atoms with Gasteiger partial charge in [0.1, 0.15) is 11.9 Å². The molecule has 3 aromatic rings. The summed E-state index contributed by atoms with van der Waals surface area (Å²) in [5, 5.41) is 2.24. The highest BCUT2D eigenvalue weighted by Gasteiger charge is 2.41. The largest absolute Gasteiger partial charge is 0.336 e. The van der Waals surface area contributed by atoms with Crippen molar-refractivity contribution in [1.29, 1.82) is 0 Å². The van der Waals surface area contributed by atoms with Gasteiger partial charge in [0.25, 0.3) is 11.8 Å². The first-order valence-electron chi connectivity index (χ1n) is 13.4. The first kappa shape index (κ1) is 25.8. The summed E-state index contributed by atoms with van der Waals surface area (Å²) < 4.78 is 15.7. The summed E-state index contributed by atoms with van der Waals surface area (Å²) in [7, 11) is 0. The van der Waals surface area contributed by atoms with Gasteiger partial charge < -0.3 is 9.80 Å². The van der Waals surface area contributed by atoms with Crippen molar-refractivity contribution in [2.75, 3.05) is 26.2 Å². The van der Waals surface area contributed by atoms with Gasteiger partial charge in [-0.1, -0.05) is 36.4 Å². The fraction of sp³-hybridized carbons (Fsp3) is 0.300. The average Bonchev–Trinajstić information content (AvgIpc) is 3.31. The van der Waals surface area contributed by atoms with Crippen molar-refractivity contribution >= 4 is 23.6 Å². The number of nitrogens with one attached hydrogen (secondary N) is 1. The maximum absolute atomic E-state index is 15.7. The van der Waals surface area contributed by atoms with Crippen LogP contribution in [0.4, 0.5) is 4.39 Å². The van der Waals surface area contributed by atoms with E-state index in [0.29, 0.717) is 26.2 Å². The number of benzene rings is 2. The van der Waals surface area contributed by atoms with E-state index in [9.17, 15) is 19.2 Å². The van der Waals surface area contributed by atoms with Crippen molar-refractivity contribution in [3.05, 3.63) is 101 Å². The molecule has 0 radical (unpaired) electrons. The summed E-state index contributed by atoms with van der Waals surface area (Å²) in [5.74, 6) is -2.59. The van der Waals surface area contributed by atoms with E-state index in [0.717, 1.165) is 11.3 Å². The van der Waals surface area contributed by atoms with E-state index in [2.05, 4.69) is 27.3 Å². The van der Waals surface area contributed by atoms with Crippen LogP contribution in [-0.2, 0) is 16.1 Å². The van der Waals surface area contributed by atoms with Gasteiger partial charge in [0.2, 0.25) is 11.8 Å². The summed E-state index contributed by atoms with van der Waals surface area (Å²) in [6.07, 6.45) is 2.07. The summed E-state index contributed by atoms with van der Waals surface area (Å²) in [5.41, 5.74) is 2.19. The molecule has 9 nitrogen and oxygen atoms in total. The molecule has 6 rings (SSSR count). The Morgan fingerprint density at radius 2 is 1.70 bits per heavy atom. The minimum absolute atomic E-state index is 0.0688. The van der Waals surface area contributed by atoms with Crippen LogP contribution in [0.15, 0.2) is 66.9 Å². The number of nitrogens with zero attached hydrogens (tertiary/aromatic N) is 4. The molecule has 4 heterocycles. The first-order chi connectivity index (χ1) is 19.4. The smallest absolute Gasteiger partial charge is 0.256 e. The van der Waals surface area contributed by atoms with Crippen LogP contribution in [0.2, 0.25) is 0 Å². The molecule has 0 aliphatic carbocycles. The molecule has 2 fully saturated rings. The third-order valence-corrected chi connectivity index (χ3v) is 7.93. The van der Waals surface area contributed by atoms with Gasteiger partial charge in [0.15, 0.2) is 0 Å². The van der Waals surface area contributed by atoms with E-state index in [-0.39, 0.29) is 48.0 Å². The third kappa shape index (κ3) is 4.64. The number of carbonyl (C=O) groups is 4.